The van der Waals surface area contributed by atoms with Crippen LogP contribution in [-0.4, -0.2) is 24.9 Å². The zero-order valence-corrected chi connectivity index (χ0v) is 11.9. The largest absolute Gasteiger partial charge is 0.465 e. The highest BCUT2D eigenvalue weighted by atomic mass is 16.5. The van der Waals surface area contributed by atoms with Gasteiger partial charge in [-0.3, -0.25) is 9.59 Å². The van der Waals surface area contributed by atoms with Crippen molar-refractivity contribution < 1.29 is 14.3 Å². The van der Waals surface area contributed by atoms with Crippen molar-refractivity contribution in [3.8, 4) is 0 Å². The molecule has 0 spiro atoms. The van der Waals surface area contributed by atoms with Crippen molar-refractivity contribution >= 4 is 11.8 Å². The molecule has 2 atom stereocenters. The number of rotatable bonds is 2. The van der Waals surface area contributed by atoms with Crippen LogP contribution in [0.15, 0.2) is 0 Å². The Kier molecular flexibility index (Phi) is 4.54. The third kappa shape index (κ3) is 2.44. The van der Waals surface area contributed by atoms with Gasteiger partial charge in [-0.15, -0.1) is 0 Å². The Morgan fingerprint density at radius 1 is 1.44 bits per heavy atom. The maximum atomic E-state index is 11.6. The number of ketones is 1. The molecule has 2 N–H and O–H groups in total. The van der Waals surface area contributed by atoms with Gasteiger partial charge in [-0.05, 0) is 31.1 Å². The summed E-state index contributed by atoms with van der Waals surface area (Å²) in [7, 11) is 0. The molecule has 0 amide bonds. The van der Waals surface area contributed by atoms with Crippen LogP contribution in [0.5, 0.6) is 0 Å². The number of Topliss-reactive ketones (excluding diaryl/α,β-unsaturated/α-hetero) is 1. The molecular formula is C14H25NO3. The Bertz CT molecular complexity index is 338. The van der Waals surface area contributed by atoms with Gasteiger partial charge >= 0.3 is 5.97 Å². The van der Waals surface area contributed by atoms with Crippen LogP contribution >= 0.6 is 0 Å². The summed E-state index contributed by atoms with van der Waals surface area (Å²) in [4.78, 5) is 21.6. The molecular weight excluding hydrogens is 230 g/mol. The second-order valence-electron chi connectivity index (χ2n) is 5.93. The first kappa shape index (κ1) is 15.2. The van der Waals surface area contributed by atoms with Gasteiger partial charge in [-0.2, -0.15) is 0 Å². The topological polar surface area (TPSA) is 69.4 Å². The van der Waals surface area contributed by atoms with E-state index in [0.29, 0.717) is 18.3 Å². The Hall–Kier alpha value is -0.900. The highest BCUT2D eigenvalue weighted by Crippen LogP contribution is 2.63. The lowest BCUT2D eigenvalue weighted by atomic mass is 9.70. The first-order chi connectivity index (χ1) is 8.29. The van der Waals surface area contributed by atoms with Crippen LogP contribution in [0.25, 0.3) is 0 Å². The van der Waals surface area contributed by atoms with Crippen LogP contribution in [0.4, 0.5) is 0 Å². The number of fused-ring (bicyclic) bond motifs is 2. The van der Waals surface area contributed by atoms with Crippen molar-refractivity contribution in [3.63, 3.8) is 0 Å². The molecule has 4 nitrogen and oxygen atoms in total. The van der Waals surface area contributed by atoms with Crippen LogP contribution in [-0.2, 0) is 14.3 Å². The first-order valence-electron chi connectivity index (χ1n) is 6.68. The van der Waals surface area contributed by atoms with E-state index in [4.69, 9.17) is 5.73 Å². The van der Waals surface area contributed by atoms with E-state index in [1.165, 1.54) is 6.42 Å². The molecule has 104 valence electrons. The highest BCUT2D eigenvalue weighted by Gasteiger charge is 2.61. The smallest absolute Gasteiger partial charge is 0.319 e. The average Bonchev–Trinajstić information content (AvgIpc) is 2.63. The van der Waals surface area contributed by atoms with E-state index in [0.717, 1.165) is 12.8 Å². The number of esters is 1. The van der Waals surface area contributed by atoms with E-state index in [9.17, 15) is 9.59 Å². The monoisotopic (exact) mass is 255 g/mol. The summed E-state index contributed by atoms with van der Waals surface area (Å²) in [6, 6.07) is 0. The lowest BCUT2D eigenvalue weighted by Gasteiger charge is -2.32. The van der Waals surface area contributed by atoms with Gasteiger partial charge in [-0.1, -0.05) is 20.8 Å². The van der Waals surface area contributed by atoms with Gasteiger partial charge in [0.1, 0.15) is 5.78 Å². The average molecular weight is 255 g/mol. The normalized spacial score (nSPS) is 31.8. The molecule has 2 rings (SSSR count). The van der Waals surface area contributed by atoms with Crippen LogP contribution in [0.3, 0.4) is 0 Å². The molecule has 2 aliphatic rings. The minimum atomic E-state index is -0.345. The molecule has 2 saturated carbocycles. The van der Waals surface area contributed by atoms with Crippen LogP contribution in [0.2, 0.25) is 0 Å². The first-order valence-corrected chi connectivity index (χ1v) is 6.68. The molecule has 0 aromatic heterocycles. The van der Waals surface area contributed by atoms with Crippen molar-refractivity contribution in [2.75, 3.05) is 13.2 Å². The minimum Gasteiger partial charge on any atom is -0.465 e. The molecule has 2 aliphatic carbocycles. The zero-order valence-electron chi connectivity index (χ0n) is 11.9. The minimum absolute atomic E-state index is 0.0200. The quantitative estimate of drug-likeness (QED) is 0.765. The third-order valence-corrected chi connectivity index (χ3v) is 4.95. The van der Waals surface area contributed by atoms with E-state index in [-0.39, 0.29) is 23.3 Å². The van der Waals surface area contributed by atoms with Gasteiger partial charge < -0.3 is 10.5 Å². The maximum Gasteiger partial charge on any atom is 0.319 e. The van der Waals surface area contributed by atoms with Crippen molar-refractivity contribution in [2.24, 2.45) is 22.5 Å². The second-order valence-corrected chi connectivity index (χ2v) is 5.93. The highest BCUT2D eigenvalue weighted by molar-refractivity contribution is 5.89. The Balaban J connectivity index is 0.000000203. The van der Waals surface area contributed by atoms with Gasteiger partial charge in [0.2, 0.25) is 0 Å². The Morgan fingerprint density at radius 2 is 2.06 bits per heavy atom. The van der Waals surface area contributed by atoms with Crippen LogP contribution in [0.1, 0.15) is 47.0 Å². The fourth-order valence-corrected chi connectivity index (χ4v) is 3.12. The van der Waals surface area contributed by atoms with E-state index in [1.807, 2.05) is 0 Å². The number of carbonyl (C=O) groups is 2. The summed E-state index contributed by atoms with van der Waals surface area (Å²) >= 11 is 0. The van der Waals surface area contributed by atoms with Crippen molar-refractivity contribution in [1.29, 1.82) is 0 Å². The molecule has 2 bridgehead atoms. The Labute approximate surface area is 109 Å². The molecule has 0 heterocycles. The van der Waals surface area contributed by atoms with Crippen molar-refractivity contribution in [3.05, 3.63) is 0 Å². The third-order valence-electron chi connectivity index (χ3n) is 4.95. The van der Waals surface area contributed by atoms with E-state index in [2.05, 4.69) is 25.5 Å². The molecule has 0 radical (unpaired) electrons. The molecule has 0 saturated heterocycles. The summed E-state index contributed by atoms with van der Waals surface area (Å²) in [5, 5.41) is 0. The Morgan fingerprint density at radius 3 is 2.22 bits per heavy atom. The molecule has 2 unspecified atom stereocenters. The van der Waals surface area contributed by atoms with Crippen LogP contribution in [0, 0.1) is 16.7 Å². The maximum absolute atomic E-state index is 11.6. The molecule has 4 heteroatoms. The summed E-state index contributed by atoms with van der Waals surface area (Å²) in [5.74, 6) is 0.848. The number of carbonyl (C=O) groups excluding carboxylic acids is 2. The predicted molar refractivity (Wildman–Crippen MR) is 69.9 cm³/mol. The summed E-state index contributed by atoms with van der Waals surface area (Å²) in [6.07, 6.45) is 3.25. The van der Waals surface area contributed by atoms with Gasteiger partial charge in [0.15, 0.2) is 0 Å². The number of nitrogens with two attached hydrogens (primary N) is 1. The fraction of sp³-hybridized carbons (Fsp3) is 0.857. The second kappa shape index (κ2) is 5.39. The van der Waals surface area contributed by atoms with E-state index in [1.54, 1.807) is 6.92 Å². The van der Waals surface area contributed by atoms with E-state index < -0.39 is 0 Å². The molecule has 2 fully saturated rings. The van der Waals surface area contributed by atoms with Gasteiger partial charge in [-0.25, -0.2) is 0 Å². The molecule has 0 aromatic rings. The van der Waals surface area contributed by atoms with Crippen LogP contribution < -0.4 is 5.73 Å². The van der Waals surface area contributed by atoms with Crippen molar-refractivity contribution in [2.45, 2.75) is 47.0 Å². The SMILES string of the molecule is CC12CCC(CC1=O)C2(C)C.CCOC(=O)CN. The van der Waals surface area contributed by atoms with Gasteiger partial charge in [0, 0.05) is 11.8 Å². The number of hydrogen-bond donors (Lipinski definition) is 1. The van der Waals surface area contributed by atoms with Gasteiger partial charge in [0.25, 0.3) is 0 Å². The lowest BCUT2D eigenvalue weighted by molar-refractivity contribution is -0.141. The molecule has 0 aliphatic heterocycles. The summed E-state index contributed by atoms with van der Waals surface area (Å²) < 4.78 is 4.43. The van der Waals surface area contributed by atoms with Crippen molar-refractivity contribution in [1.82, 2.24) is 0 Å². The summed E-state index contributed by atoms with van der Waals surface area (Å²) in [5.41, 5.74) is 5.19. The van der Waals surface area contributed by atoms with Gasteiger partial charge in [0.05, 0.1) is 13.2 Å². The zero-order chi connectivity index (χ0) is 14.0. The molecule has 0 aromatic carbocycles. The standard InChI is InChI=1S/C10H16O.C4H9NO2/c1-9(2)7-4-5-10(9,3)8(11)6-7;1-2-7-4(6)3-5/h7H,4-6H2,1-3H3;2-3,5H2,1H3. The fourth-order valence-electron chi connectivity index (χ4n) is 3.12. The van der Waals surface area contributed by atoms with E-state index >= 15 is 0 Å². The summed E-state index contributed by atoms with van der Waals surface area (Å²) in [6.45, 7) is 8.81. The number of hydrogen-bond acceptors (Lipinski definition) is 4. The predicted octanol–water partition coefficient (Wildman–Crippen LogP) is 1.91. The number of ether oxygens (including phenoxy) is 1. The molecule has 18 heavy (non-hydrogen) atoms. The lowest BCUT2D eigenvalue weighted by Crippen LogP contribution is -2.32.